The van der Waals surface area contributed by atoms with Gasteiger partial charge >= 0.3 is 0 Å². The Bertz CT molecular complexity index is 615. The zero-order chi connectivity index (χ0) is 12.2. The second kappa shape index (κ2) is 5.07. The molecule has 2 aromatic carbocycles. The maximum atomic E-state index is 5.91. The molecular weight excluding hydrogens is 240 g/mol. The van der Waals surface area contributed by atoms with E-state index in [0.717, 1.165) is 17.1 Å². The molecule has 2 heteroatoms. The first-order valence-electron chi connectivity index (χ1n) is 5.78. The predicted octanol–water partition coefficient (Wildman–Crippen LogP) is 5.21. The minimum absolute atomic E-state index is 0.891. The largest absolute Gasteiger partial charge is 0.456 e. The third-order valence-electron chi connectivity index (χ3n) is 2.69. The third kappa shape index (κ3) is 2.29. The molecule has 1 heterocycles. The molecule has 0 saturated heterocycles. The minimum atomic E-state index is 0.891. The lowest BCUT2D eigenvalue weighted by Gasteiger charge is -2.09. The van der Waals surface area contributed by atoms with Gasteiger partial charge in [0.15, 0.2) is 0 Å². The van der Waals surface area contributed by atoms with Crippen molar-refractivity contribution < 1.29 is 4.74 Å². The van der Waals surface area contributed by atoms with Gasteiger partial charge in [0.05, 0.1) is 0 Å². The summed E-state index contributed by atoms with van der Waals surface area (Å²) >= 11 is 1.64. The number of rotatable bonds is 3. The SMILES string of the molecule is c1ccc(-c2ccccc2Oc2ccsc2)cc1. The molecule has 1 nitrogen and oxygen atoms in total. The Morgan fingerprint density at radius 2 is 1.56 bits per heavy atom. The number of hydrogen-bond acceptors (Lipinski definition) is 2. The molecule has 0 unspecified atom stereocenters. The molecule has 0 saturated carbocycles. The van der Waals surface area contributed by atoms with Gasteiger partial charge in [-0.25, -0.2) is 0 Å². The summed E-state index contributed by atoms with van der Waals surface area (Å²) in [6.07, 6.45) is 0. The van der Waals surface area contributed by atoms with Crippen LogP contribution < -0.4 is 4.74 Å². The van der Waals surface area contributed by atoms with Crippen LogP contribution in [0.1, 0.15) is 0 Å². The highest BCUT2D eigenvalue weighted by molar-refractivity contribution is 7.08. The summed E-state index contributed by atoms with van der Waals surface area (Å²) < 4.78 is 5.91. The average Bonchev–Trinajstić information content (AvgIpc) is 2.93. The molecule has 88 valence electrons. The van der Waals surface area contributed by atoms with Gasteiger partial charge in [0.2, 0.25) is 0 Å². The second-order valence-electron chi connectivity index (χ2n) is 3.92. The quantitative estimate of drug-likeness (QED) is 0.622. The minimum Gasteiger partial charge on any atom is -0.456 e. The Balaban J connectivity index is 2.00. The van der Waals surface area contributed by atoms with Crippen LogP contribution in [0.15, 0.2) is 71.4 Å². The van der Waals surface area contributed by atoms with Gasteiger partial charge < -0.3 is 4.74 Å². The van der Waals surface area contributed by atoms with Crippen molar-refractivity contribution in [1.82, 2.24) is 0 Å². The fourth-order valence-electron chi connectivity index (χ4n) is 1.85. The molecule has 3 aromatic rings. The van der Waals surface area contributed by atoms with E-state index in [4.69, 9.17) is 4.74 Å². The lowest BCUT2D eigenvalue weighted by atomic mass is 10.1. The second-order valence-corrected chi connectivity index (χ2v) is 4.70. The van der Waals surface area contributed by atoms with Gasteiger partial charge in [-0.1, -0.05) is 48.5 Å². The first kappa shape index (κ1) is 11.1. The normalized spacial score (nSPS) is 10.2. The van der Waals surface area contributed by atoms with Crippen LogP contribution in [-0.4, -0.2) is 0 Å². The van der Waals surface area contributed by atoms with E-state index in [2.05, 4.69) is 18.2 Å². The molecule has 0 aliphatic carbocycles. The number of para-hydroxylation sites is 1. The maximum Gasteiger partial charge on any atom is 0.138 e. The van der Waals surface area contributed by atoms with Crippen molar-refractivity contribution in [1.29, 1.82) is 0 Å². The van der Waals surface area contributed by atoms with Crippen LogP contribution >= 0.6 is 11.3 Å². The number of benzene rings is 2. The van der Waals surface area contributed by atoms with Gasteiger partial charge in [-0.3, -0.25) is 0 Å². The van der Waals surface area contributed by atoms with Gasteiger partial charge in [0.1, 0.15) is 11.5 Å². The fourth-order valence-corrected chi connectivity index (χ4v) is 2.40. The van der Waals surface area contributed by atoms with Crippen LogP contribution in [0.5, 0.6) is 11.5 Å². The van der Waals surface area contributed by atoms with Gasteiger partial charge in [-0.15, -0.1) is 11.3 Å². The standard InChI is InChI=1S/C16H12OS/c1-2-6-13(7-3-1)15-8-4-5-9-16(15)17-14-10-11-18-12-14/h1-12H. The Kier molecular flexibility index (Phi) is 3.11. The van der Waals surface area contributed by atoms with Crippen molar-refractivity contribution >= 4 is 11.3 Å². The molecule has 0 bridgehead atoms. The number of thiophene rings is 1. The molecule has 0 amide bonds. The summed E-state index contributed by atoms with van der Waals surface area (Å²) in [5.74, 6) is 1.78. The molecule has 0 aliphatic rings. The Labute approximate surface area is 110 Å². The average molecular weight is 252 g/mol. The van der Waals surface area contributed by atoms with Crippen LogP contribution in [0, 0.1) is 0 Å². The molecule has 0 N–H and O–H groups in total. The highest BCUT2D eigenvalue weighted by atomic mass is 32.1. The summed E-state index contributed by atoms with van der Waals surface area (Å²) in [6.45, 7) is 0. The summed E-state index contributed by atoms with van der Waals surface area (Å²) in [5, 5.41) is 4.02. The summed E-state index contributed by atoms with van der Waals surface area (Å²) in [7, 11) is 0. The van der Waals surface area contributed by atoms with Crippen molar-refractivity contribution in [3.63, 3.8) is 0 Å². The van der Waals surface area contributed by atoms with Crippen LogP contribution in [0.4, 0.5) is 0 Å². The molecule has 3 rings (SSSR count). The zero-order valence-corrected chi connectivity index (χ0v) is 10.6. The molecule has 1 aromatic heterocycles. The smallest absolute Gasteiger partial charge is 0.138 e. The predicted molar refractivity (Wildman–Crippen MR) is 76.3 cm³/mol. The van der Waals surface area contributed by atoms with Crippen molar-refractivity contribution in [2.75, 3.05) is 0 Å². The van der Waals surface area contributed by atoms with Crippen LogP contribution in [0.2, 0.25) is 0 Å². The molecule has 0 radical (unpaired) electrons. The summed E-state index contributed by atoms with van der Waals surface area (Å²) in [4.78, 5) is 0. The molecule has 18 heavy (non-hydrogen) atoms. The Hall–Kier alpha value is -2.06. The number of hydrogen-bond donors (Lipinski definition) is 0. The molecule has 0 aliphatic heterocycles. The third-order valence-corrected chi connectivity index (χ3v) is 3.36. The lowest BCUT2D eigenvalue weighted by Crippen LogP contribution is -1.86. The van der Waals surface area contributed by atoms with Crippen LogP contribution in [0.3, 0.4) is 0 Å². The van der Waals surface area contributed by atoms with Crippen molar-refractivity contribution in [2.24, 2.45) is 0 Å². The fraction of sp³-hybridized carbons (Fsp3) is 0. The van der Waals surface area contributed by atoms with E-state index in [0.29, 0.717) is 0 Å². The topological polar surface area (TPSA) is 9.23 Å². The first-order chi connectivity index (χ1) is 8.93. The highest BCUT2D eigenvalue weighted by Gasteiger charge is 2.06. The van der Waals surface area contributed by atoms with E-state index >= 15 is 0 Å². The zero-order valence-electron chi connectivity index (χ0n) is 9.74. The van der Waals surface area contributed by atoms with Gasteiger partial charge in [0.25, 0.3) is 0 Å². The first-order valence-corrected chi connectivity index (χ1v) is 6.72. The molecular formula is C16H12OS. The maximum absolute atomic E-state index is 5.91. The number of ether oxygens (including phenoxy) is 1. The Morgan fingerprint density at radius 1 is 0.778 bits per heavy atom. The van der Waals surface area contributed by atoms with Gasteiger partial charge in [0, 0.05) is 10.9 Å². The summed E-state index contributed by atoms with van der Waals surface area (Å²) in [5.41, 5.74) is 2.28. The monoisotopic (exact) mass is 252 g/mol. The van der Waals surface area contributed by atoms with E-state index in [9.17, 15) is 0 Å². The molecule has 0 atom stereocenters. The van der Waals surface area contributed by atoms with E-state index < -0.39 is 0 Å². The van der Waals surface area contributed by atoms with E-state index in [1.165, 1.54) is 5.56 Å². The van der Waals surface area contributed by atoms with Crippen molar-refractivity contribution in [3.8, 4) is 22.6 Å². The van der Waals surface area contributed by atoms with Crippen LogP contribution in [0.25, 0.3) is 11.1 Å². The molecule has 0 fully saturated rings. The molecule has 0 spiro atoms. The van der Waals surface area contributed by atoms with E-state index in [-0.39, 0.29) is 0 Å². The van der Waals surface area contributed by atoms with Gasteiger partial charge in [-0.05, 0) is 23.1 Å². The van der Waals surface area contributed by atoms with E-state index in [1.54, 1.807) is 11.3 Å². The summed E-state index contributed by atoms with van der Waals surface area (Å²) in [6, 6.07) is 20.4. The highest BCUT2D eigenvalue weighted by Crippen LogP contribution is 2.33. The lowest BCUT2D eigenvalue weighted by molar-refractivity contribution is 0.487. The van der Waals surface area contributed by atoms with Gasteiger partial charge in [-0.2, -0.15) is 0 Å². The van der Waals surface area contributed by atoms with E-state index in [1.807, 2.05) is 53.2 Å². The van der Waals surface area contributed by atoms with Crippen LogP contribution in [-0.2, 0) is 0 Å². The Morgan fingerprint density at radius 3 is 2.33 bits per heavy atom. The van der Waals surface area contributed by atoms with Crippen molar-refractivity contribution in [3.05, 3.63) is 71.4 Å². The van der Waals surface area contributed by atoms with Crippen molar-refractivity contribution in [2.45, 2.75) is 0 Å².